The van der Waals surface area contributed by atoms with Crippen LogP contribution in [0.25, 0.3) is 6.08 Å². The van der Waals surface area contributed by atoms with Crippen molar-refractivity contribution < 1.29 is 4.74 Å². The van der Waals surface area contributed by atoms with E-state index >= 15 is 0 Å². The fourth-order valence-corrected chi connectivity index (χ4v) is 1.81. The zero-order chi connectivity index (χ0) is 15.8. The van der Waals surface area contributed by atoms with E-state index in [1.165, 1.54) is 6.08 Å². The highest BCUT2D eigenvalue weighted by atomic mass is 16.5. The second kappa shape index (κ2) is 7.29. The second-order valence-corrected chi connectivity index (χ2v) is 4.45. The van der Waals surface area contributed by atoms with Crippen LogP contribution in [-0.4, -0.2) is 0 Å². The van der Waals surface area contributed by atoms with Gasteiger partial charge in [-0.05, 0) is 41.5 Å². The van der Waals surface area contributed by atoms with Gasteiger partial charge in [-0.1, -0.05) is 24.3 Å². The molecule has 2 rings (SSSR count). The number of nitriles is 3. The molecular weight excluding hydrogens is 274 g/mol. The first-order valence-corrected chi connectivity index (χ1v) is 6.49. The summed E-state index contributed by atoms with van der Waals surface area (Å²) in [5, 5.41) is 26.3. The zero-order valence-corrected chi connectivity index (χ0v) is 11.7. The number of ether oxygens (including phenoxy) is 1. The fourth-order valence-electron chi connectivity index (χ4n) is 1.81. The largest absolute Gasteiger partial charge is 0.489 e. The van der Waals surface area contributed by atoms with Crippen LogP contribution >= 0.6 is 0 Å². The van der Waals surface area contributed by atoms with Crippen LogP contribution in [0.1, 0.15) is 16.7 Å². The van der Waals surface area contributed by atoms with E-state index in [1.807, 2.05) is 24.3 Å². The molecule has 2 aromatic carbocycles. The Morgan fingerprint density at radius 3 is 2.36 bits per heavy atom. The van der Waals surface area contributed by atoms with Gasteiger partial charge in [0.1, 0.15) is 30.1 Å². The average molecular weight is 285 g/mol. The average Bonchev–Trinajstić information content (AvgIpc) is 2.59. The third kappa shape index (κ3) is 3.97. The van der Waals surface area contributed by atoms with Crippen LogP contribution in [0.2, 0.25) is 0 Å². The first-order chi connectivity index (χ1) is 10.7. The third-order valence-electron chi connectivity index (χ3n) is 2.89. The highest BCUT2D eigenvalue weighted by molar-refractivity contribution is 5.62. The maximum atomic E-state index is 8.85. The first kappa shape index (κ1) is 14.9. The summed E-state index contributed by atoms with van der Waals surface area (Å²) in [6, 6.07) is 20.0. The van der Waals surface area contributed by atoms with Crippen LogP contribution in [0.4, 0.5) is 0 Å². The molecule has 0 unspecified atom stereocenters. The van der Waals surface area contributed by atoms with Crippen LogP contribution in [0, 0.1) is 34.0 Å². The monoisotopic (exact) mass is 285 g/mol. The molecule has 2 aromatic rings. The molecule has 104 valence electrons. The summed E-state index contributed by atoms with van der Waals surface area (Å²) in [5.41, 5.74) is 2.33. The Hall–Kier alpha value is -3.55. The van der Waals surface area contributed by atoms with Crippen molar-refractivity contribution >= 4 is 6.08 Å². The molecule has 4 nitrogen and oxygen atoms in total. The van der Waals surface area contributed by atoms with E-state index in [9.17, 15) is 0 Å². The summed E-state index contributed by atoms with van der Waals surface area (Å²) in [7, 11) is 0. The van der Waals surface area contributed by atoms with E-state index in [2.05, 4.69) is 6.07 Å². The number of rotatable bonds is 4. The van der Waals surface area contributed by atoms with Crippen molar-refractivity contribution in [2.75, 3.05) is 0 Å². The smallest absolute Gasteiger partial charge is 0.130 e. The van der Waals surface area contributed by atoms with Gasteiger partial charge in [-0.25, -0.2) is 0 Å². The van der Waals surface area contributed by atoms with E-state index < -0.39 is 0 Å². The Labute approximate surface area is 128 Å². The van der Waals surface area contributed by atoms with E-state index in [1.54, 1.807) is 36.4 Å². The van der Waals surface area contributed by atoms with Gasteiger partial charge in [-0.15, -0.1) is 0 Å². The summed E-state index contributed by atoms with van der Waals surface area (Å²) in [4.78, 5) is 0. The van der Waals surface area contributed by atoms with Crippen LogP contribution in [0.3, 0.4) is 0 Å². The number of allylic oxidation sites excluding steroid dienone is 1. The molecule has 22 heavy (non-hydrogen) atoms. The molecular formula is C18H11N3O. The van der Waals surface area contributed by atoms with Crippen LogP contribution in [-0.2, 0) is 6.61 Å². The molecule has 0 radical (unpaired) electrons. The van der Waals surface area contributed by atoms with Crippen LogP contribution in [0.5, 0.6) is 5.75 Å². The van der Waals surface area contributed by atoms with E-state index in [0.29, 0.717) is 17.9 Å². The minimum atomic E-state index is 0.0574. The number of hydrogen-bond acceptors (Lipinski definition) is 4. The molecule has 0 aliphatic heterocycles. The standard InChI is InChI=1S/C18H11N3O/c19-10-15-2-1-3-16(9-15)13-22-18-6-4-14(5-7-18)8-17(11-20)12-21/h1-9H,13H2. The Morgan fingerprint density at radius 2 is 1.73 bits per heavy atom. The van der Waals surface area contributed by atoms with Gasteiger partial charge in [0.05, 0.1) is 11.6 Å². The highest BCUT2D eigenvalue weighted by Gasteiger charge is 1.99. The highest BCUT2D eigenvalue weighted by Crippen LogP contribution is 2.16. The molecule has 0 heterocycles. The molecule has 4 heteroatoms. The van der Waals surface area contributed by atoms with Gasteiger partial charge in [0.25, 0.3) is 0 Å². The van der Waals surface area contributed by atoms with Crippen LogP contribution in [0.15, 0.2) is 54.1 Å². The lowest BCUT2D eigenvalue weighted by Crippen LogP contribution is -1.95. The minimum absolute atomic E-state index is 0.0574. The number of hydrogen-bond donors (Lipinski definition) is 0. The van der Waals surface area contributed by atoms with Crippen molar-refractivity contribution in [3.63, 3.8) is 0 Å². The summed E-state index contributed by atoms with van der Waals surface area (Å²) < 4.78 is 5.64. The van der Waals surface area contributed by atoms with Gasteiger partial charge < -0.3 is 4.74 Å². The molecule has 0 fully saturated rings. The number of benzene rings is 2. The van der Waals surface area contributed by atoms with Crippen molar-refractivity contribution in [2.45, 2.75) is 6.61 Å². The summed E-state index contributed by atoms with van der Waals surface area (Å²) in [6.07, 6.45) is 1.51. The second-order valence-electron chi connectivity index (χ2n) is 4.45. The lowest BCUT2D eigenvalue weighted by Gasteiger charge is -2.06. The van der Waals surface area contributed by atoms with Gasteiger partial charge in [-0.2, -0.15) is 15.8 Å². The molecule has 0 atom stereocenters. The maximum Gasteiger partial charge on any atom is 0.130 e. The molecule has 0 N–H and O–H groups in total. The van der Waals surface area contributed by atoms with Gasteiger partial charge in [0.2, 0.25) is 0 Å². The molecule has 0 bridgehead atoms. The molecule has 0 saturated carbocycles. The molecule has 0 aliphatic rings. The van der Waals surface area contributed by atoms with Crippen molar-refractivity contribution in [3.8, 4) is 24.0 Å². The minimum Gasteiger partial charge on any atom is -0.489 e. The SMILES string of the molecule is N#CC(C#N)=Cc1ccc(OCc2cccc(C#N)c2)cc1. The Morgan fingerprint density at radius 1 is 1.00 bits per heavy atom. The topological polar surface area (TPSA) is 80.6 Å². The van der Waals surface area contributed by atoms with E-state index in [0.717, 1.165) is 11.1 Å². The fraction of sp³-hybridized carbons (Fsp3) is 0.0556. The van der Waals surface area contributed by atoms with Gasteiger partial charge in [0.15, 0.2) is 0 Å². The summed E-state index contributed by atoms with van der Waals surface area (Å²) in [5.74, 6) is 0.676. The quantitative estimate of drug-likeness (QED) is 0.804. The van der Waals surface area contributed by atoms with Gasteiger partial charge >= 0.3 is 0 Å². The predicted octanol–water partition coefficient (Wildman–Crippen LogP) is 3.57. The molecule has 0 spiro atoms. The van der Waals surface area contributed by atoms with Crippen molar-refractivity contribution in [1.29, 1.82) is 15.8 Å². The third-order valence-corrected chi connectivity index (χ3v) is 2.89. The van der Waals surface area contributed by atoms with Crippen LogP contribution < -0.4 is 4.74 Å². The Bertz CT molecular complexity index is 799. The van der Waals surface area contributed by atoms with E-state index in [4.69, 9.17) is 20.5 Å². The van der Waals surface area contributed by atoms with Crippen molar-refractivity contribution in [3.05, 3.63) is 70.8 Å². The normalized spacial score (nSPS) is 8.95. The summed E-state index contributed by atoms with van der Waals surface area (Å²) in [6.45, 7) is 0.367. The summed E-state index contributed by atoms with van der Waals surface area (Å²) >= 11 is 0. The Balaban J connectivity index is 2.03. The van der Waals surface area contributed by atoms with E-state index in [-0.39, 0.29) is 5.57 Å². The number of nitrogens with zero attached hydrogens (tertiary/aromatic N) is 3. The lowest BCUT2D eigenvalue weighted by atomic mass is 10.1. The predicted molar refractivity (Wildman–Crippen MR) is 81.1 cm³/mol. The maximum absolute atomic E-state index is 8.85. The first-order valence-electron chi connectivity index (χ1n) is 6.49. The molecule has 0 amide bonds. The molecule has 0 saturated heterocycles. The lowest BCUT2D eigenvalue weighted by molar-refractivity contribution is 0.306. The zero-order valence-electron chi connectivity index (χ0n) is 11.7. The van der Waals surface area contributed by atoms with Gasteiger partial charge in [-0.3, -0.25) is 0 Å². The molecule has 0 aromatic heterocycles. The van der Waals surface area contributed by atoms with Crippen molar-refractivity contribution in [2.24, 2.45) is 0 Å². The Kier molecular flexibility index (Phi) is 4.92. The molecule has 0 aliphatic carbocycles. The van der Waals surface area contributed by atoms with Crippen molar-refractivity contribution in [1.82, 2.24) is 0 Å². The van der Waals surface area contributed by atoms with Gasteiger partial charge in [0, 0.05) is 0 Å².